The van der Waals surface area contributed by atoms with Crippen molar-refractivity contribution in [3.05, 3.63) is 59.7 Å². The normalized spacial score (nSPS) is 16.9. The number of hydrogen-bond donors (Lipinski definition) is 2. The molecule has 0 amide bonds. The van der Waals surface area contributed by atoms with Crippen molar-refractivity contribution in [1.82, 2.24) is 0 Å². The topological polar surface area (TPSA) is 62.1 Å². The maximum absolute atomic E-state index is 9.49. The Morgan fingerprint density at radius 3 is 2.57 bits per heavy atom. The van der Waals surface area contributed by atoms with Gasteiger partial charge < -0.3 is 15.1 Å². The number of rotatable bonds is 6. The molecule has 0 saturated heterocycles. The van der Waals surface area contributed by atoms with Gasteiger partial charge in [0.15, 0.2) is 11.5 Å². The number of nitrogens with zero attached hydrogens (tertiary/aromatic N) is 1. The van der Waals surface area contributed by atoms with Crippen LogP contribution in [0.15, 0.2) is 53.7 Å². The molecule has 1 atom stereocenters. The fourth-order valence-corrected chi connectivity index (χ4v) is 2.84. The Bertz CT molecular complexity index is 682. The summed E-state index contributed by atoms with van der Waals surface area (Å²) >= 11 is 0. The van der Waals surface area contributed by atoms with Gasteiger partial charge in [-0.15, -0.1) is 0 Å². The third-order valence-corrected chi connectivity index (χ3v) is 4.07. The third-order valence-electron chi connectivity index (χ3n) is 4.07. The molecule has 23 heavy (non-hydrogen) atoms. The van der Waals surface area contributed by atoms with Crippen molar-refractivity contribution in [3.8, 4) is 11.5 Å². The number of oxime groups is 1. The van der Waals surface area contributed by atoms with Gasteiger partial charge >= 0.3 is 0 Å². The van der Waals surface area contributed by atoms with E-state index >= 15 is 0 Å². The molecule has 4 nitrogen and oxygen atoms in total. The molecule has 2 aromatic rings. The molecular weight excluding hydrogens is 290 g/mol. The summed E-state index contributed by atoms with van der Waals surface area (Å²) in [7, 11) is 0. The van der Waals surface area contributed by atoms with Crippen LogP contribution in [-0.2, 0) is 17.7 Å². The first-order valence-electron chi connectivity index (χ1n) is 7.97. The molecule has 0 radical (unpaired) electrons. The van der Waals surface area contributed by atoms with E-state index in [0.29, 0.717) is 0 Å². The lowest BCUT2D eigenvalue weighted by Crippen LogP contribution is -2.11. The molecule has 2 N–H and O–H groups in total. The van der Waals surface area contributed by atoms with E-state index in [1.54, 1.807) is 6.07 Å². The van der Waals surface area contributed by atoms with Crippen molar-refractivity contribution >= 4 is 5.71 Å². The standard InChI is InChI=1S/C19H21NO3/c21-18-10-9-15(12-19(18)22)7-4-8-16-13-17(23-20-16)11-14-5-2-1-3-6-14/h1-3,5-6,9-10,12,17,21-22H,4,7-8,11,13H2. The minimum absolute atomic E-state index is 0.0630. The van der Waals surface area contributed by atoms with Crippen molar-refractivity contribution in [1.29, 1.82) is 0 Å². The number of phenolic OH excluding ortho intramolecular Hbond substituents is 2. The SMILES string of the molecule is Oc1ccc(CCCC2=NOC(Cc3ccccc3)C2)cc1O. The fourth-order valence-electron chi connectivity index (χ4n) is 2.84. The van der Waals surface area contributed by atoms with Crippen LogP contribution in [-0.4, -0.2) is 22.0 Å². The molecule has 4 heteroatoms. The average Bonchev–Trinajstić information content (AvgIpc) is 2.99. The monoisotopic (exact) mass is 311 g/mol. The van der Waals surface area contributed by atoms with Gasteiger partial charge in [0, 0.05) is 12.8 Å². The van der Waals surface area contributed by atoms with Crippen molar-refractivity contribution in [2.75, 3.05) is 0 Å². The minimum Gasteiger partial charge on any atom is -0.504 e. The number of aromatic hydroxyl groups is 2. The summed E-state index contributed by atoms with van der Waals surface area (Å²) in [5.41, 5.74) is 3.39. The summed E-state index contributed by atoms with van der Waals surface area (Å²) in [5, 5.41) is 23.0. The third kappa shape index (κ3) is 4.25. The number of benzene rings is 2. The smallest absolute Gasteiger partial charge is 0.157 e. The van der Waals surface area contributed by atoms with Crippen LogP contribution >= 0.6 is 0 Å². The van der Waals surface area contributed by atoms with Crippen LogP contribution < -0.4 is 0 Å². The summed E-state index contributed by atoms with van der Waals surface area (Å²) in [6.07, 6.45) is 4.60. The molecule has 120 valence electrons. The van der Waals surface area contributed by atoms with Crippen LogP contribution in [0, 0.1) is 0 Å². The van der Waals surface area contributed by atoms with Gasteiger partial charge in [-0.2, -0.15) is 0 Å². The van der Waals surface area contributed by atoms with Gasteiger partial charge in [0.1, 0.15) is 6.10 Å². The largest absolute Gasteiger partial charge is 0.504 e. The van der Waals surface area contributed by atoms with Gasteiger partial charge in [0.2, 0.25) is 0 Å². The maximum atomic E-state index is 9.49. The first-order valence-corrected chi connectivity index (χ1v) is 7.97. The molecule has 0 aromatic heterocycles. The quantitative estimate of drug-likeness (QED) is 0.797. The van der Waals surface area contributed by atoms with Crippen LogP contribution in [0.2, 0.25) is 0 Å². The van der Waals surface area contributed by atoms with E-state index in [0.717, 1.165) is 43.4 Å². The highest BCUT2D eigenvalue weighted by Crippen LogP contribution is 2.26. The van der Waals surface area contributed by atoms with Crippen molar-refractivity contribution in [2.24, 2.45) is 5.16 Å². The molecule has 0 fully saturated rings. The van der Waals surface area contributed by atoms with E-state index in [-0.39, 0.29) is 17.6 Å². The molecule has 1 unspecified atom stereocenters. The van der Waals surface area contributed by atoms with Gasteiger partial charge in [-0.25, -0.2) is 0 Å². The molecule has 0 aliphatic carbocycles. The lowest BCUT2D eigenvalue weighted by Gasteiger charge is -2.07. The second-order valence-electron chi connectivity index (χ2n) is 5.96. The van der Waals surface area contributed by atoms with Crippen LogP contribution in [0.1, 0.15) is 30.4 Å². The van der Waals surface area contributed by atoms with Crippen LogP contribution in [0.25, 0.3) is 0 Å². The van der Waals surface area contributed by atoms with Gasteiger partial charge in [0.25, 0.3) is 0 Å². The highest BCUT2D eigenvalue weighted by Gasteiger charge is 2.20. The molecule has 0 spiro atoms. The maximum Gasteiger partial charge on any atom is 0.157 e. The number of hydrogen-bond acceptors (Lipinski definition) is 4. The second-order valence-corrected chi connectivity index (χ2v) is 5.96. The molecule has 3 rings (SSSR count). The van der Waals surface area contributed by atoms with E-state index in [4.69, 9.17) is 4.84 Å². The predicted molar refractivity (Wildman–Crippen MR) is 89.8 cm³/mol. The van der Waals surface area contributed by atoms with E-state index in [9.17, 15) is 10.2 Å². The highest BCUT2D eigenvalue weighted by molar-refractivity contribution is 5.85. The molecule has 1 aliphatic heterocycles. The first-order chi connectivity index (χ1) is 11.2. The Hall–Kier alpha value is -2.49. The summed E-state index contributed by atoms with van der Waals surface area (Å²) in [4.78, 5) is 5.52. The van der Waals surface area contributed by atoms with Gasteiger partial charge in [0.05, 0.1) is 5.71 Å². The summed E-state index contributed by atoms with van der Waals surface area (Å²) in [6.45, 7) is 0. The van der Waals surface area contributed by atoms with Crippen molar-refractivity contribution in [2.45, 2.75) is 38.2 Å². The fraction of sp³-hybridized carbons (Fsp3) is 0.316. The Labute approximate surface area is 136 Å². The Morgan fingerprint density at radius 2 is 1.78 bits per heavy atom. The highest BCUT2D eigenvalue weighted by atomic mass is 16.6. The van der Waals surface area contributed by atoms with Gasteiger partial charge in [-0.05, 0) is 42.5 Å². The molecule has 1 aliphatic rings. The summed E-state index contributed by atoms with van der Waals surface area (Å²) < 4.78 is 0. The van der Waals surface area contributed by atoms with Gasteiger partial charge in [-0.1, -0.05) is 41.6 Å². The summed E-state index contributed by atoms with van der Waals surface area (Å²) in [5.74, 6) is -0.141. The molecule has 1 heterocycles. The van der Waals surface area contributed by atoms with Crippen molar-refractivity contribution < 1.29 is 15.1 Å². The lowest BCUT2D eigenvalue weighted by molar-refractivity contribution is 0.0859. The molecular formula is C19H21NO3. The molecule has 0 saturated carbocycles. The zero-order chi connectivity index (χ0) is 16.1. The zero-order valence-electron chi connectivity index (χ0n) is 13.0. The van der Waals surface area contributed by atoms with E-state index in [1.807, 2.05) is 24.3 Å². The Balaban J connectivity index is 1.42. The van der Waals surface area contributed by atoms with Crippen LogP contribution in [0.3, 0.4) is 0 Å². The average molecular weight is 311 g/mol. The number of aryl methyl sites for hydroxylation is 1. The van der Waals surface area contributed by atoms with E-state index in [2.05, 4.69) is 17.3 Å². The Morgan fingerprint density at radius 1 is 0.957 bits per heavy atom. The Kier molecular flexibility index (Phi) is 4.81. The number of phenols is 2. The van der Waals surface area contributed by atoms with Gasteiger partial charge in [-0.3, -0.25) is 0 Å². The predicted octanol–water partition coefficient (Wildman–Crippen LogP) is 3.81. The molecule has 0 bridgehead atoms. The molecule has 2 aromatic carbocycles. The van der Waals surface area contributed by atoms with Crippen LogP contribution in [0.5, 0.6) is 11.5 Å². The van der Waals surface area contributed by atoms with E-state index in [1.165, 1.54) is 11.6 Å². The minimum atomic E-state index is -0.0777. The lowest BCUT2D eigenvalue weighted by atomic mass is 10.0. The zero-order valence-corrected chi connectivity index (χ0v) is 13.0. The second kappa shape index (κ2) is 7.18. The first kappa shape index (κ1) is 15.4. The van der Waals surface area contributed by atoms with E-state index < -0.39 is 0 Å². The van der Waals surface area contributed by atoms with Crippen molar-refractivity contribution in [3.63, 3.8) is 0 Å². The van der Waals surface area contributed by atoms with Crippen LogP contribution in [0.4, 0.5) is 0 Å². The summed E-state index contributed by atoms with van der Waals surface area (Å²) in [6, 6.07) is 15.3.